The van der Waals surface area contributed by atoms with Crippen LogP contribution in [0.1, 0.15) is 11.1 Å². The van der Waals surface area contributed by atoms with Gasteiger partial charge in [-0.1, -0.05) is 141 Å². The quantitative estimate of drug-likeness (QED) is 0.107. The molecule has 4 heterocycles. The van der Waals surface area contributed by atoms with Gasteiger partial charge in [0, 0.05) is 42.2 Å². The molecular formula is C75H49IrN6Pt. The van der Waals surface area contributed by atoms with E-state index in [1.54, 1.807) is 6.20 Å². The van der Waals surface area contributed by atoms with Crippen molar-refractivity contribution in [1.29, 1.82) is 0 Å². The first-order valence-electron chi connectivity index (χ1n) is 26.9. The second kappa shape index (κ2) is 25.2. The van der Waals surface area contributed by atoms with Gasteiger partial charge in [-0.3, -0.25) is 12.1 Å². The van der Waals surface area contributed by atoms with Crippen molar-refractivity contribution in [3.8, 4) is 112 Å². The number of aromatic nitrogens is 5. The number of benzene rings is 9. The van der Waals surface area contributed by atoms with Crippen molar-refractivity contribution in [2.75, 3.05) is 4.90 Å². The monoisotopic (exact) mass is 1420 g/mol. The van der Waals surface area contributed by atoms with E-state index in [9.17, 15) is 0 Å². The van der Waals surface area contributed by atoms with Crippen molar-refractivity contribution < 1.29 is 41.2 Å². The fourth-order valence-electron chi connectivity index (χ4n) is 10.4. The van der Waals surface area contributed by atoms with E-state index in [4.69, 9.17) is 19.9 Å². The molecule has 0 aliphatic carbocycles. The SMILES string of the molecule is Cc1cc[c-]c(-c2ccc(-c3ccccc3-c3cc(-c4ccccc4-c4ccc(-c5[c-]ccc(C)c5)nc4)cc(-c4ccccc4-c4cnc(-c5[c-]ccc(N(c6[c-]c(-c7ccccn7)ccc6)c6ccccc6)[c-]5)nc4)c3)cn2)c1.[Ir+3].[Pt+2]. The van der Waals surface area contributed by atoms with Crippen molar-refractivity contribution in [1.82, 2.24) is 24.9 Å². The topological polar surface area (TPSA) is 67.7 Å². The van der Waals surface area contributed by atoms with E-state index in [0.29, 0.717) is 11.4 Å². The number of para-hydroxylation sites is 1. The van der Waals surface area contributed by atoms with E-state index >= 15 is 0 Å². The molecule has 0 aliphatic heterocycles. The Labute approximate surface area is 513 Å². The van der Waals surface area contributed by atoms with Crippen molar-refractivity contribution in [3.05, 3.63) is 303 Å². The number of hydrogen-bond acceptors (Lipinski definition) is 6. The van der Waals surface area contributed by atoms with Crippen molar-refractivity contribution in [2.24, 2.45) is 0 Å². The Bertz CT molecular complexity index is 4210. The van der Waals surface area contributed by atoms with Gasteiger partial charge in [0.2, 0.25) is 0 Å². The average molecular weight is 1420 g/mol. The summed E-state index contributed by atoms with van der Waals surface area (Å²) in [6, 6.07) is 96.8. The molecule has 9 aromatic carbocycles. The molecule has 398 valence electrons. The minimum atomic E-state index is 0. The van der Waals surface area contributed by atoms with Gasteiger partial charge in [-0.2, -0.15) is 0 Å². The van der Waals surface area contributed by atoms with E-state index in [1.807, 2.05) is 104 Å². The molecule has 83 heavy (non-hydrogen) atoms. The Morgan fingerprint density at radius 1 is 0.337 bits per heavy atom. The van der Waals surface area contributed by atoms with Crippen LogP contribution in [0.5, 0.6) is 0 Å². The first kappa shape index (κ1) is 55.6. The van der Waals surface area contributed by atoms with Crippen molar-refractivity contribution in [3.63, 3.8) is 0 Å². The molecule has 8 heteroatoms. The molecule has 0 radical (unpaired) electrons. The average Bonchev–Trinajstić information content (AvgIpc) is 3.73. The van der Waals surface area contributed by atoms with Gasteiger partial charge < -0.3 is 29.8 Å². The predicted molar refractivity (Wildman–Crippen MR) is 328 cm³/mol. The summed E-state index contributed by atoms with van der Waals surface area (Å²) in [6.07, 6.45) is 9.55. The number of rotatable bonds is 13. The number of anilines is 3. The molecule has 4 aromatic heterocycles. The summed E-state index contributed by atoms with van der Waals surface area (Å²) >= 11 is 0. The summed E-state index contributed by atoms with van der Waals surface area (Å²) in [6.45, 7) is 4.18. The summed E-state index contributed by atoms with van der Waals surface area (Å²) in [7, 11) is 0. The second-order valence-corrected chi connectivity index (χ2v) is 19.9. The summed E-state index contributed by atoms with van der Waals surface area (Å²) in [5.74, 6) is 0.508. The molecule has 13 aromatic rings. The molecule has 0 spiro atoms. The van der Waals surface area contributed by atoms with Crippen LogP contribution in [0, 0.1) is 44.2 Å². The first-order valence-corrected chi connectivity index (χ1v) is 26.9. The van der Waals surface area contributed by atoms with Gasteiger partial charge in [-0.15, -0.1) is 106 Å². The van der Waals surface area contributed by atoms with Gasteiger partial charge >= 0.3 is 41.2 Å². The maximum atomic E-state index is 5.02. The molecule has 0 atom stereocenters. The van der Waals surface area contributed by atoms with E-state index in [-0.39, 0.29) is 41.2 Å². The van der Waals surface area contributed by atoms with Gasteiger partial charge in [0.15, 0.2) is 0 Å². The predicted octanol–water partition coefficient (Wildman–Crippen LogP) is 18.4. The van der Waals surface area contributed by atoms with Crippen LogP contribution < -0.4 is 4.90 Å². The fraction of sp³-hybridized carbons (Fsp3) is 0.0267. The molecule has 0 aliphatic rings. The Hall–Kier alpha value is -9.35. The molecule has 0 amide bonds. The maximum absolute atomic E-state index is 5.02. The van der Waals surface area contributed by atoms with Gasteiger partial charge in [-0.05, 0) is 126 Å². The molecule has 0 bridgehead atoms. The second-order valence-electron chi connectivity index (χ2n) is 19.9. The van der Waals surface area contributed by atoms with Crippen LogP contribution in [-0.2, 0) is 41.2 Å². The zero-order valence-electron chi connectivity index (χ0n) is 45.2. The zero-order valence-corrected chi connectivity index (χ0v) is 49.8. The molecule has 0 unspecified atom stereocenters. The van der Waals surface area contributed by atoms with Crippen molar-refractivity contribution >= 4 is 17.1 Å². The molecule has 0 saturated heterocycles. The van der Waals surface area contributed by atoms with Crippen LogP contribution in [0.25, 0.3) is 112 Å². The molecule has 0 saturated carbocycles. The number of pyridine rings is 3. The van der Waals surface area contributed by atoms with Crippen molar-refractivity contribution in [2.45, 2.75) is 13.8 Å². The normalized spacial score (nSPS) is 10.8. The molecule has 0 fully saturated rings. The summed E-state index contributed by atoms with van der Waals surface area (Å²) in [4.78, 5) is 26.7. The zero-order chi connectivity index (χ0) is 54.5. The molecular weight excluding hydrogens is 1370 g/mol. The third-order valence-electron chi connectivity index (χ3n) is 14.4. The van der Waals surface area contributed by atoms with Crippen LogP contribution in [0.3, 0.4) is 0 Å². The standard InChI is InChI=1S/C75H49N6.Ir.Pt/c1-51-18-14-20-53(40-51)73-37-35-57(47-77-73)66-28-6-8-30-68(66)59-42-60(69-31-9-7-29-67(69)58-36-38-74(78-48-58)54-21-15-19-52(2)41-54)44-61(43-59)70-32-10-11-33-71(70)62-49-79-75(80-50-62)56-23-17-27-65(46-56)81(63-24-4-3-5-25-63)64-26-16-22-55(45-64)72-34-12-13-39-76-72;;/h3-19,22,24-44,47-50H,1-2H3;;/q-5;+3;+2. The third-order valence-corrected chi connectivity index (χ3v) is 14.4. The fourth-order valence-corrected chi connectivity index (χ4v) is 10.4. The van der Waals surface area contributed by atoms with Crippen LogP contribution in [-0.4, -0.2) is 24.9 Å². The minimum absolute atomic E-state index is 0. The van der Waals surface area contributed by atoms with Gasteiger partial charge in [-0.25, -0.2) is 17.7 Å². The van der Waals surface area contributed by atoms with Crippen LogP contribution in [0.15, 0.2) is 262 Å². The molecule has 13 rings (SSSR count). The number of hydrogen-bond donors (Lipinski definition) is 0. The summed E-state index contributed by atoms with van der Waals surface area (Å²) < 4.78 is 0. The van der Waals surface area contributed by atoms with Crippen LogP contribution >= 0.6 is 0 Å². The van der Waals surface area contributed by atoms with Crippen LogP contribution in [0.4, 0.5) is 17.1 Å². The van der Waals surface area contributed by atoms with E-state index in [0.717, 1.165) is 118 Å². The van der Waals surface area contributed by atoms with Gasteiger partial charge in [0.05, 0.1) is 0 Å². The van der Waals surface area contributed by atoms with Gasteiger partial charge in [0.1, 0.15) is 0 Å². The Morgan fingerprint density at radius 2 is 0.795 bits per heavy atom. The largest absolute Gasteiger partial charge is 3.00 e. The molecule has 6 nitrogen and oxygen atoms in total. The summed E-state index contributed by atoms with van der Waals surface area (Å²) in [5.41, 5.74) is 23.4. The third kappa shape index (κ3) is 12.0. The number of nitrogens with zero attached hydrogens (tertiary/aromatic N) is 6. The maximum Gasteiger partial charge on any atom is 3.00 e. The van der Waals surface area contributed by atoms with E-state index < -0.39 is 0 Å². The first-order chi connectivity index (χ1) is 40.0. The minimum Gasteiger partial charge on any atom is -0.364 e. The van der Waals surface area contributed by atoms with Gasteiger partial charge in [0.25, 0.3) is 0 Å². The Morgan fingerprint density at radius 3 is 1.29 bits per heavy atom. The summed E-state index contributed by atoms with van der Waals surface area (Å²) in [5, 5.41) is 0. The Kier molecular flexibility index (Phi) is 16.9. The molecule has 0 N–H and O–H groups in total. The van der Waals surface area contributed by atoms with Crippen LogP contribution in [0.2, 0.25) is 0 Å². The smallest absolute Gasteiger partial charge is 0.364 e. The number of aryl methyl sites for hydroxylation is 2. The Balaban J connectivity index is 0.00000360. The van der Waals surface area contributed by atoms with E-state index in [2.05, 4.69) is 206 Å². The van der Waals surface area contributed by atoms with E-state index in [1.165, 1.54) is 11.1 Å².